The maximum atomic E-state index is 6.14. The molecule has 2 heterocycles. The van der Waals surface area contributed by atoms with E-state index < -0.39 is 5.79 Å². The van der Waals surface area contributed by atoms with Gasteiger partial charge in [0.25, 0.3) is 0 Å². The zero-order valence-corrected chi connectivity index (χ0v) is 12.1. The van der Waals surface area contributed by atoms with Gasteiger partial charge in [0.2, 0.25) is 0 Å². The maximum absolute atomic E-state index is 6.14. The molecule has 4 heteroatoms. The highest BCUT2D eigenvalue weighted by Crippen LogP contribution is 2.39. The SMILES string of the molecule is CO[C@@H]1C[C@H](OCC2CCCCC2)[C@H]2COC1(C)O2. The average Bonchev–Trinajstić information content (AvgIpc) is 2.78. The molecule has 2 aliphatic heterocycles. The first-order valence-electron chi connectivity index (χ1n) is 7.67. The molecular weight excluding hydrogens is 244 g/mol. The molecule has 0 aromatic carbocycles. The minimum atomic E-state index is -0.565. The molecule has 4 nitrogen and oxygen atoms in total. The van der Waals surface area contributed by atoms with Crippen LogP contribution in [0.15, 0.2) is 0 Å². The van der Waals surface area contributed by atoms with Gasteiger partial charge in [0, 0.05) is 20.1 Å². The van der Waals surface area contributed by atoms with Gasteiger partial charge in [-0.15, -0.1) is 0 Å². The Morgan fingerprint density at radius 3 is 2.74 bits per heavy atom. The predicted octanol–water partition coefficient (Wildman–Crippen LogP) is 2.50. The van der Waals surface area contributed by atoms with Gasteiger partial charge >= 0.3 is 0 Å². The van der Waals surface area contributed by atoms with Gasteiger partial charge in [-0.1, -0.05) is 19.3 Å². The molecule has 3 aliphatic rings. The molecule has 19 heavy (non-hydrogen) atoms. The number of hydrogen-bond acceptors (Lipinski definition) is 4. The molecule has 0 radical (unpaired) electrons. The molecule has 0 aromatic rings. The van der Waals surface area contributed by atoms with Crippen LogP contribution in [0, 0.1) is 5.92 Å². The highest BCUT2D eigenvalue weighted by Gasteiger charge is 2.53. The van der Waals surface area contributed by atoms with Crippen LogP contribution in [0.3, 0.4) is 0 Å². The summed E-state index contributed by atoms with van der Waals surface area (Å²) in [4.78, 5) is 0. The van der Waals surface area contributed by atoms with E-state index in [1.54, 1.807) is 7.11 Å². The first kappa shape index (κ1) is 13.8. The summed E-state index contributed by atoms with van der Waals surface area (Å²) in [5.41, 5.74) is 0. The zero-order valence-electron chi connectivity index (χ0n) is 12.1. The summed E-state index contributed by atoms with van der Waals surface area (Å²) < 4.78 is 23.4. The molecule has 3 fully saturated rings. The Labute approximate surface area is 115 Å². The first-order valence-corrected chi connectivity index (χ1v) is 7.67. The number of rotatable bonds is 4. The lowest BCUT2D eigenvalue weighted by molar-refractivity contribution is -0.264. The number of methoxy groups -OCH3 is 1. The van der Waals surface area contributed by atoms with Gasteiger partial charge in [-0.25, -0.2) is 0 Å². The number of hydrogen-bond donors (Lipinski definition) is 0. The molecule has 0 amide bonds. The fraction of sp³-hybridized carbons (Fsp3) is 1.00. The van der Waals surface area contributed by atoms with Gasteiger partial charge in [-0.3, -0.25) is 0 Å². The van der Waals surface area contributed by atoms with Crippen LogP contribution in [0.1, 0.15) is 45.4 Å². The molecule has 1 unspecified atom stereocenters. The van der Waals surface area contributed by atoms with Gasteiger partial charge in [0.05, 0.1) is 12.7 Å². The molecule has 1 aliphatic carbocycles. The molecular formula is C15H26O4. The summed E-state index contributed by atoms with van der Waals surface area (Å²) in [6.07, 6.45) is 7.82. The van der Waals surface area contributed by atoms with Crippen LogP contribution in [-0.2, 0) is 18.9 Å². The Bertz CT molecular complexity index is 303. The Morgan fingerprint density at radius 2 is 2.00 bits per heavy atom. The second-order valence-electron chi connectivity index (χ2n) is 6.32. The molecule has 2 bridgehead atoms. The lowest BCUT2D eigenvalue weighted by atomic mass is 9.90. The molecule has 0 spiro atoms. The highest BCUT2D eigenvalue weighted by atomic mass is 16.8. The lowest BCUT2D eigenvalue weighted by Gasteiger charge is -2.39. The third-order valence-corrected chi connectivity index (χ3v) is 4.92. The average molecular weight is 270 g/mol. The fourth-order valence-corrected chi connectivity index (χ4v) is 3.64. The van der Waals surface area contributed by atoms with Crippen LogP contribution < -0.4 is 0 Å². The molecule has 110 valence electrons. The molecule has 1 saturated carbocycles. The van der Waals surface area contributed by atoms with Crippen LogP contribution in [0.4, 0.5) is 0 Å². The van der Waals surface area contributed by atoms with Crippen molar-refractivity contribution in [2.75, 3.05) is 20.3 Å². The predicted molar refractivity (Wildman–Crippen MR) is 71.0 cm³/mol. The van der Waals surface area contributed by atoms with Crippen LogP contribution in [0.25, 0.3) is 0 Å². The van der Waals surface area contributed by atoms with Crippen molar-refractivity contribution in [2.24, 2.45) is 5.92 Å². The lowest BCUT2D eigenvalue weighted by Crippen LogP contribution is -2.51. The van der Waals surface area contributed by atoms with Crippen molar-refractivity contribution in [3.05, 3.63) is 0 Å². The second-order valence-corrected chi connectivity index (χ2v) is 6.32. The highest BCUT2D eigenvalue weighted by molar-refractivity contribution is 4.94. The molecule has 0 aromatic heterocycles. The van der Waals surface area contributed by atoms with Gasteiger partial charge in [0.15, 0.2) is 5.79 Å². The van der Waals surface area contributed by atoms with Crippen molar-refractivity contribution in [3.63, 3.8) is 0 Å². The monoisotopic (exact) mass is 270 g/mol. The number of ether oxygens (including phenoxy) is 4. The quantitative estimate of drug-likeness (QED) is 0.786. The van der Waals surface area contributed by atoms with E-state index in [1.807, 2.05) is 6.92 Å². The molecule has 4 atom stereocenters. The summed E-state index contributed by atoms with van der Waals surface area (Å²) >= 11 is 0. The minimum Gasteiger partial charge on any atom is -0.376 e. The van der Waals surface area contributed by atoms with Gasteiger partial charge < -0.3 is 18.9 Å². The van der Waals surface area contributed by atoms with Crippen LogP contribution in [0.2, 0.25) is 0 Å². The Kier molecular flexibility index (Phi) is 4.13. The fourth-order valence-electron chi connectivity index (χ4n) is 3.64. The van der Waals surface area contributed by atoms with Gasteiger partial charge in [0.1, 0.15) is 12.2 Å². The van der Waals surface area contributed by atoms with E-state index in [9.17, 15) is 0 Å². The van der Waals surface area contributed by atoms with E-state index in [0.717, 1.165) is 18.9 Å². The Balaban J connectivity index is 1.53. The Hall–Kier alpha value is -0.160. The van der Waals surface area contributed by atoms with Crippen molar-refractivity contribution in [3.8, 4) is 0 Å². The first-order chi connectivity index (χ1) is 9.21. The van der Waals surface area contributed by atoms with Gasteiger partial charge in [-0.2, -0.15) is 0 Å². The minimum absolute atomic E-state index is 0.0254. The second kappa shape index (κ2) is 5.68. The van der Waals surface area contributed by atoms with Crippen molar-refractivity contribution in [1.82, 2.24) is 0 Å². The van der Waals surface area contributed by atoms with E-state index in [1.165, 1.54) is 32.1 Å². The van der Waals surface area contributed by atoms with Crippen LogP contribution in [0.5, 0.6) is 0 Å². The molecule has 0 N–H and O–H groups in total. The summed E-state index contributed by atoms with van der Waals surface area (Å²) in [6.45, 7) is 3.47. The summed E-state index contributed by atoms with van der Waals surface area (Å²) in [5, 5.41) is 0. The van der Waals surface area contributed by atoms with E-state index in [0.29, 0.717) is 6.61 Å². The standard InChI is InChI=1S/C15H26O4/c1-15-14(16-2)8-12(13(19-15)10-18-15)17-9-11-6-4-3-5-7-11/h11-14H,3-10H2,1-2H3/t12-,13+,14+,15?/m0/s1. The Morgan fingerprint density at radius 1 is 1.21 bits per heavy atom. The van der Waals surface area contributed by atoms with E-state index in [4.69, 9.17) is 18.9 Å². The number of fused-ring (bicyclic) bond motifs is 2. The van der Waals surface area contributed by atoms with E-state index >= 15 is 0 Å². The van der Waals surface area contributed by atoms with Crippen LogP contribution >= 0.6 is 0 Å². The summed E-state index contributed by atoms with van der Waals surface area (Å²) in [6, 6.07) is 0. The smallest absolute Gasteiger partial charge is 0.192 e. The van der Waals surface area contributed by atoms with E-state index in [-0.39, 0.29) is 18.3 Å². The largest absolute Gasteiger partial charge is 0.376 e. The van der Waals surface area contributed by atoms with Crippen molar-refractivity contribution in [1.29, 1.82) is 0 Å². The summed E-state index contributed by atoms with van der Waals surface area (Å²) in [5.74, 6) is 0.176. The van der Waals surface area contributed by atoms with Crippen molar-refractivity contribution >= 4 is 0 Å². The molecule has 3 rings (SSSR count). The van der Waals surface area contributed by atoms with Crippen molar-refractivity contribution in [2.45, 2.75) is 69.5 Å². The van der Waals surface area contributed by atoms with Crippen molar-refractivity contribution < 1.29 is 18.9 Å². The summed E-state index contributed by atoms with van der Waals surface area (Å²) in [7, 11) is 1.72. The molecule has 2 saturated heterocycles. The van der Waals surface area contributed by atoms with Crippen LogP contribution in [-0.4, -0.2) is 44.4 Å². The van der Waals surface area contributed by atoms with Gasteiger partial charge in [-0.05, 0) is 25.7 Å². The third kappa shape index (κ3) is 2.82. The third-order valence-electron chi connectivity index (χ3n) is 4.92. The van der Waals surface area contributed by atoms with E-state index in [2.05, 4.69) is 0 Å². The topological polar surface area (TPSA) is 36.9 Å². The zero-order chi connectivity index (χ0) is 13.3. The normalized spacial score (nSPS) is 43.6. The maximum Gasteiger partial charge on any atom is 0.192 e.